The molecule has 0 radical (unpaired) electrons. The first kappa shape index (κ1) is 18.7. The first-order valence-corrected chi connectivity index (χ1v) is 9.06. The largest absolute Gasteiger partial charge is 0.427 e. The van der Waals surface area contributed by atoms with Gasteiger partial charge in [0.2, 0.25) is 0 Å². The van der Waals surface area contributed by atoms with E-state index in [9.17, 15) is 9.59 Å². The maximum absolute atomic E-state index is 11.8. The lowest BCUT2D eigenvalue weighted by atomic mass is 9.75. The molecule has 0 unspecified atom stereocenters. The summed E-state index contributed by atoms with van der Waals surface area (Å²) in [7, 11) is 2.15. The van der Waals surface area contributed by atoms with E-state index in [1.807, 2.05) is 18.2 Å². The normalized spacial score (nSPS) is 17.1. The van der Waals surface area contributed by atoms with Crippen molar-refractivity contribution in [1.29, 1.82) is 0 Å². The fourth-order valence-electron chi connectivity index (χ4n) is 3.50. The van der Waals surface area contributed by atoms with Gasteiger partial charge in [-0.1, -0.05) is 32.4 Å². The van der Waals surface area contributed by atoms with Gasteiger partial charge in [-0.3, -0.25) is 14.5 Å². The molecule has 0 atom stereocenters. The SMILES string of the molecule is CCCCN(C)C1(c2cccc(OC(=O)CC)c2)CCC(=O)CC1. The summed E-state index contributed by atoms with van der Waals surface area (Å²) in [5.74, 6) is 0.724. The Morgan fingerprint density at radius 2 is 1.96 bits per heavy atom. The number of rotatable bonds is 7. The smallest absolute Gasteiger partial charge is 0.310 e. The molecule has 1 aliphatic carbocycles. The molecular weight excluding hydrogens is 302 g/mol. The van der Waals surface area contributed by atoms with Crippen molar-refractivity contribution in [2.45, 2.75) is 64.3 Å². The van der Waals surface area contributed by atoms with Crippen molar-refractivity contribution in [2.75, 3.05) is 13.6 Å². The van der Waals surface area contributed by atoms with E-state index in [4.69, 9.17) is 4.74 Å². The van der Waals surface area contributed by atoms with Crippen molar-refractivity contribution < 1.29 is 14.3 Å². The van der Waals surface area contributed by atoms with Crippen LogP contribution in [0.15, 0.2) is 24.3 Å². The predicted molar refractivity (Wildman–Crippen MR) is 95.1 cm³/mol. The summed E-state index contributed by atoms with van der Waals surface area (Å²) < 4.78 is 5.40. The molecule has 0 bridgehead atoms. The van der Waals surface area contributed by atoms with Gasteiger partial charge in [-0.05, 0) is 50.6 Å². The lowest BCUT2D eigenvalue weighted by molar-refractivity contribution is -0.134. The molecule has 0 N–H and O–H groups in total. The summed E-state index contributed by atoms with van der Waals surface area (Å²) in [6, 6.07) is 7.84. The topological polar surface area (TPSA) is 46.6 Å². The summed E-state index contributed by atoms with van der Waals surface area (Å²) in [6.45, 7) is 4.98. The van der Waals surface area contributed by atoms with E-state index < -0.39 is 0 Å². The standard InChI is InChI=1S/C20H29NO3/c1-4-6-14-21(3)20(12-10-17(22)11-13-20)16-8-7-9-18(15-16)24-19(23)5-2/h7-9,15H,4-6,10-14H2,1-3H3. The Morgan fingerprint density at radius 3 is 2.58 bits per heavy atom. The van der Waals surface area contributed by atoms with Crippen LogP contribution in [0.4, 0.5) is 0 Å². The minimum atomic E-state index is -0.223. The van der Waals surface area contributed by atoms with Crippen molar-refractivity contribution in [2.24, 2.45) is 0 Å². The number of nitrogens with zero attached hydrogens (tertiary/aromatic N) is 1. The van der Waals surface area contributed by atoms with Crippen LogP contribution >= 0.6 is 0 Å². The quantitative estimate of drug-likeness (QED) is 0.558. The predicted octanol–water partition coefficient (Wildman–Crippen LogP) is 4.07. The van der Waals surface area contributed by atoms with Gasteiger partial charge in [0.15, 0.2) is 0 Å². The fraction of sp³-hybridized carbons (Fsp3) is 0.600. The van der Waals surface area contributed by atoms with Gasteiger partial charge < -0.3 is 4.74 Å². The molecule has 132 valence electrons. The number of ketones is 1. The number of unbranched alkanes of at least 4 members (excludes halogenated alkanes) is 1. The van der Waals surface area contributed by atoms with Crippen LogP contribution in [0.25, 0.3) is 0 Å². The maximum atomic E-state index is 11.8. The summed E-state index contributed by atoms with van der Waals surface area (Å²) >= 11 is 0. The first-order chi connectivity index (χ1) is 11.5. The van der Waals surface area contributed by atoms with E-state index in [-0.39, 0.29) is 11.5 Å². The van der Waals surface area contributed by atoms with E-state index in [1.54, 1.807) is 6.92 Å². The molecule has 1 saturated carbocycles. The molecule has 0 heterocycles. The Hall–Kier alpha value is -1.68. The zero-order valence-corrected chi connectivity index (χ0v) is 15.1. The third-order valence-electron chi connectivity index (χ3n) is 5.10. The molecule has 1 aromatic rings. The van der Waals surface area contributed by atoms with Crippen LogP contribution in [0.1, 0.15) is 64.4 Å². The number of Topliss-reactive ketones (excluding diaryl/α,β-unsaturated/α-hetero) is 1. The van der Waals surface area contributed by atoms with Gasteiger partial charge in [0.25, 0.3) is 0 Å². The third kappa shape index (κ3) is 4.23. The van der Waals surface area contributed by atoms with Gasteiger partial charge in [0.05, 0.1) is 0 Å². The Bertz CT molecular complexity index is 572. The number of carbonyl (C=O) groups excluding carboxylic acids is 2. The Kier molecular flexibility index (Phi) is 6.55. The number of esters is 1. The molecule has 0 saturated heterocycles. The van der Waals surface area contributed by atoms with Gasteiger partial charge in [0, 0.05) is 24.8 Å². The minimum absolute atomic E-state index is 0.141. The van der Waals surface area contributed by atoms with Gasteiger partial charge in [0.1, 0.15) is 11.5 Å². The average molecular weight is 331 g/mol. The molecule has 4 heteroatoms. The summed E-state index contributed by atoms with van der Waals surface area (Å²) in [6.07, 6.45) is 5.55. The van der Waals surface area contributed by atoms with Gasteiger partial charge >= 0.3 is 5.97 Å². The average Bonchev–Trinajstić information content (AvgIpc) is 2.60. The van der Waals surface area contributed by atoms with E-state index in [1.165, 1.54) is 0 Å². The molecule has 0 amide bonds. The van der Waals surface area contributed by atoms with E-state index >= 15 is 0 Å². The number of hydrogen-bond acceptors (Lipinski definition) is 4. The van der Waals surface area contributed by atoms with Crippen LogP contribution in [0.2, 0.25) is 0 Å². The Labute approximate surface area is 145 Å². The second-order valence-corrected chi connectivity index (χ2v) is 6.70. The number of carbonyl (C=O) groups is 2. The zero-order valence-electron chi connectivity index (χ0n) is 15.1. The monoisotopic (exact) mass is 331 g/mol. The highest BCUT2D eigenvalue weighted by Gasteiger charge is 2.39. The summed E-state index contributed by atoms with van der Waals surface area (Å²) in [4.78, 5) is 25.8. The van der Waals surface area contributed by atoms with Gasteiger partial charge in [-0.25, -0.2) is 0 Å². The Morgan fingerprint density at radius 1 is 1.25 bits per heavy atom. The highest BCUT2D eigenvalue weighted by Crippen LogP contribution is 2.41. The zero-order chi connectivity index (χ0) is 17.6. The Balaban J connectivity index is 2.31. The minimum Gasteiger partial charge on any atom is -0.427 e. The molecule has 24 heavy (non-hydrogen) atoms. The summed E-state index contributed by atoms with van der Waals surface area (Å²) in [5, 5.41) is 0. The fourth-order valence-corrected chi connectivity index (χ4v) is 3.50. The van der Waals surface area contributed by atoms with Gasteiger partial charge in [-0.2, -0.15) is 0 Å². The second kappa shape index (κ2) is 8.43. The highest BCUT2D eigenvalue weighted by atomic mass is 16.5. The molecule has 4 nitrogen and oxygen atoms in total. The van der Waals surface area contributed by atoms with Crippen molar-refractivity contribution >= 4 is 11.8 Å². The molecule has 0 spiro atoms. The maximum Gasteiger partial charge on any atom is 0.310 e. The molecule has 1 fully saturated rings. The number of ether oxygens (including phenoxy) is 1. The molecule has 0 aromatic heterocycles. The molecule has 0 aliphatic heterocycles. The van der Waals surface area contributed by atoms with E-state index in [2.05, 4.69) is 24.9 Å². The molecular formula is C20H29NO3. The van der Waals surface area contributed by atoms with E-state index in [0.717, 1.165) is 37.8 Å². The molecule has 1 aromatic carbocycles. The van der Waals surface area contributed by atoms with Crippen molar-refractivity contribution in [3.63, 3.8) is 0 Å². The van der Waals surface area contributed by atoms with Crippen LogP contribution in [0.5, 0.6) is 5.75 Å². The lowest BCUT2D eigenvalue weighted by Crippen LogP contribution is -2.47. The van der Waals surface area contributed by atoms with Crippen molar-refractivity contribution in [1.82, 2.24) is 4.90 Å². The lowest BCUT2D eigenvalue weighted by Gasteiger charge is -2.45. The van der Waals surface area contributed by atoms with Crippen LogP contribution in [0, 0.1) is 0 Å². The number of benzene rings is 1. The van der Waals surface area contributed by atoms with Crippen LogP contribution in [-0.4, -0.2) is 30.2 Å². The molecule has 2 rings (SSSR count). The second-order valence-electron chi connectivity index (χ2n) is 6.70. The number of hydrogen-bond donors (Lipinski definition) is 0. The molecule has 1 aliphatic rings. The van der Waals surface area contributed by atoms with Crippen molar-refractivity contribution in [3.05, 3.63) is 29.8 Å². The van der Waals surface area contributed by atoms with Crippen LogP contribution < -0.4 is 4.74 Å². The third-order valence-corrected chi connectivity index (χ3v) is 5.10. The highest BCUT2D eigenvalue weighted by molar-refractivity contribution is 5.79. The van der Waals surface area contributed by atoms with Crippen LogP contribution in [-0.2, 0) is 15.1 Å². The van der Waals surface area contributed by atoms with Crippen LogP contribution in [0.3, 0.4) is 0 Å². The first-order valence-electron chi connectivity index (χ1n) is 9.06. The van der Waals surface area contributed by atoms with Gasteiger partial charge in [-0.15, -0.1) is 0 Å². The van der Waals surface area contributed by atoms with Crippen molar-refractivity contribution in [3.8, 4) is 5.75 Å². The van der Waals surface area contributed by atoms with E-state index in [0.29, 0.717) is 30.8 Å². The summed E-state index contributed by atoms with van der Waals surface area (Å²) in [5.41, 5.74) is 1.01.